The molecule has 0 saturated heterocycles. The summed E-state index contributed by atoms with van der Waals surface area (Å²) in [5.74, 6) is 1.98. The summed E-state index contributed by atoms with van der Waals surface area (Å²) in [5, 5.41) is 7.28. The Balaban J connectivity index is 1.36. The minimum Gasteiger partial charge on any atom is -0.496 e. The van der Waals surface area contributed by atoms with Crippen LogP contribution in [-0.4, -0.2) is 53.2 Å². The maximum atomic E-state index is 13.5. The molecule has 5 rings (SSSR count). The highest BCUT2D eigenvalue weighted by Gasteiger charge is 2.23. The van der Waals surface area contributed by atoms with E-state index in [0.29, 0.717) is 41.7 Å². The van der Waals surface area contributed by atoms with Gasteiger partial charge in [0.05, 0.1) is 50.3 Å². The summed E-state index contributed by atoms with van der Waals surface area (Å²) >= 11 is 0. The second-order valence-corrected chi connectivity index (χ2v) is 18.3. The van der Waals surface area contributed by atoms with Crippen molar-refractivity contribution in [2.45, 2.75) is 45.7 Å². The number of amides is 2. The number of nitrogens with one attached hydrogen (secondary N) is 3. The van der Waals surface area contributed by atoms with Crippen LogP contribution in [0.15, 0.2) is 85.1 Å². The SMILES string of the molecule is CCOP(C)(=O)Cc1ccc(Cc2cc(Oc3ccc(NC(=O)Nc4cc(C(C)(C)C)cc(NS(C)(=O)=O)c4OC)c4ccccc34)ccn2)cc1OC. The largest absolute Gasteiger partial charge is 0.496 e. The summed E-state index contributed by atoms with van der Waals surface area (Å²) in [6.07, 6.45) is 3.54. The van der Waals surface area contributed by atoms with Gasteiger partial charge in [0, 0.05) is 47.4 Å². The first-order valence-electron chi connectivity index (χ1n) is 17.3. The molecule has 1 atom stereocenters. The van der Waals surface area contributed by atoms with Crippen molar-refractivity contribution < 1.29 is 36.5 Å². The Morgan fingerprint density at radius 1 is 0.852 bits per heavy atom. The molecule has 12 nitrogen and oxygen atoms in total. The molecule has 2 amide bonds. The molecule has 54 heavy (non-hydrogen) atoms. The van der Waals surface area contributed by atoms with Crippen molar-refractivity contribution in [3.8, 4) is 23.0 Å². The van der Waals surface area contributed by atoms with Gasteiger partial charge in [-0.05, 0) is 59.9 Å². The molecule has 14 heteroatoms. The zero-order chi connectivity index (χ0) is 39.3. The summed E-state index contributed by atoms with van der Waals surface area (Å²) < 4.78 is 62.6. The van der Waals surface area contributed by atoms with Gasteiger partial charge in [-0.3, -0.25) is 14.3 Å². The van der Waals surface area contributed by atoms with Crippen LogP contribution in [0.4, 0.5) is 21.9 Å². The van der Waals surface area contributed by atoms with E-state index >= 15 is 0 Å². The number of rotatable bonds is 14. The van der Waals surface area contributed by atoms with Gasteiger partial charge in [0.2, 0.25) is 17.4 Å². The zero-order valence-corrected chi connectivity index (χ0v) is 33.5. The Hall–Kier alpha value is -5.10. The van der Waals surface area contributed by atoms with Gasteiger partial charge in [0.25, 0.3) is 0 Å². The highest BCUT2D eigenvalue weighted by molar-refractivity contribution is 7.92. The van der Waals surface area contributed by atoms with Crippen molar-refractivity contribution in [2.75, 3.05) is 49.1 Å². The number of hydrogen-bond donors (Lipinski definition) is 3. The van der Waals surface area contributed by atoms with Gasteiger partial charge in [-0.15, -0.1) is 0 Å². The van der Waals surface area contributed by atoms with Gasteiger partial charge in [0.15, 0.2) is 5.75 Å². The van der Waals surface area contributed by atoms with Gasteiger partial charge in [-0.2, -0.15) is 0 Å². The minimum absolute atomic E-state index is 0.176. The lowest BCUT2D eigenvalue weighted by atomic mass is 9.86. The Bertz CT molecular complexity index is 2330. The Morgan fingerprint density at radius 2 is 1.56 bits per heavy atom. The van der Waals surface area contributed by atoms with Crippen LogP contribution in [0.2, 0.25) is 0 Å². The van der Waals surface area contributed by atoms with E-state index in [1.165, 1.54) is 7.11 Å². The number of fused-ring (bicyclic) bond motifs is 1. The lowest BCUT2D eigenvalue weighted by molar-refractivity contribution is 0.262. The number of nitrogens with zero attached hydrogens (tertiary/aromatic N) is 1. The van der Waals surface area contributed by atoms with E-state index in [1.807, 2.05) is 76.2 Å². The van der Waals surface area contributed by atoms with Crippen LogP contribution in [0.1, 0.15) is 50.1 Å². The molecule has 3 N–H and O–H groups in total. The molecule has 0 bridgehead atoms. The number of methoxy groups -OCH3 is 2. The molecule has 5 aromatic rings. The second-order valence-electron chi connectivity index (χ2n) is 14.0. The predicted molar refractivity (Wildman–Crippen MR) is 216 cm³/mol. The Kier molecular flexibility index (Phi) is 12.3. The molecule has 0 aliphatic carbocycles. The lowest BCUT2D eigenvalue weighted by Gasteiger charge is -2.24. The fourth-order valence-corrected chi connectivity index (χ4v) is 8.07. The number of hydrogen-bond acceptors (Lipinski definition) is 9. The van der Waals surface area contributed by atoms with Crippen LogP contribution in [0.25, 0.3) is 10.8 Å². The smallest absolute Gasteiger partial charge is 0.323 e. The highest BCUT2D eigenvalue weighted by Crippen LogP contribution is 2.48. The topological polar surface area (TPSA) is 154 Å². The summed E-state index contributed by atoms with van der Waals surface area (Å²) in [6, 6.07) is 23.5. The van der Waals surface area contributed by atoms with Gasteiger partial charge >= 0.3 is 6.03 Å². The second kappa shape index (κ2) is 16.5. The number of ether oxygens (including phenoxy) is 3. The van der Waals surface area contributed by atoms with E-state index in [-0.39, 0.29) is 23.0 Å². The zero-order valence-electron chi connectivity index (χ0n) is 31.8. The van der Waals surface area contributed by atoms with E-state index < -0.39 is 23.4 Å². The maximum Gasteiger partial charge on any atom is 0.323 e. The lowest BCUT2D eigenvalue weighted by Crippen LogP contribution is -2.22. The summed E-state index contributed by atoms with van der Waals surface area (Å²) in [7, 11) is -3.43. The van der Waals surface area contributed by atoms with E-state index in [2.05, 4.69) is 20.3 Å². The number of aromatic nitrogens is 1. The molecule has 0 spiro atoms. The van der Waals surface area contributed by atoms with Crippen LogP contribution in [0.5, 0.6) is 23.0 Å². The molecular weight excluding hydrogens is 728 g/mol. The Morgan fingerprint density at radius 3 is 2.22 bits per heavy atom. The molecule has 286 valence electrons. The van der Waals surface area contributed by atoms with Gasteiger partial charge in [-0.25, -0.2) is 13.2 Å². The first-order valence-corrected chi connectivity index (χ1v) is 21.4. The number of carbonyl (C=O) groups excluding carboxylic acids is 1. The van der Waals surface area contributed by atoms with Crippen molar-refractivity contribution in [1.82, 2.24) is 4.98 Å². The molecule has 0 fully saturated rings. The third kappa shape index (κ3) is 10.3. The van der Waals surface area contributed by atoms with Gasteiger partial charge in [-0.1, -0.05) is 57.2 Å². The third-order valence-corrected chi connectivity index (χ3v) is 10.8. The number of anilines is 3. The molecule has 0 radical (unpaired) electrons. The monoisotopic (exact) mass is 774 g/mol. The number of sulfonamides is 1. The van der Waals surface area contributed by atoms with Gasteiger partial charge in [0.1, 0.15) is 17.2 Å². The molecule has 1 unspecified atom stereocenters. The maximum absolute atomic E-state index is 13.5. The fraction of sp³-hybridized carbons (Fsp3) is 0.300. The molecule has 0 aliphatic rings. The van der Waals surface area contributed by atoms with Crippen molar-refractivity contribution in [3.05, 3.63) is 107 Å². The van der Waals surface area contributed by atoms with Crippen LogP contribution < -0.4 is 29.6 Å². The number of urea groups is 1. The Labute approximate surface area is 317 Å². The number of benzene rings is 4. The van der Waals surface area contributed by atoms with Gasteiger partial charge < -0.3 is 29.4 Å². The standard InChI is InChI=1S/C40H47N4O8PS/c1-9-51-53(7,46)25-27-15-14-26(21-37(27)49-5)20-29-24-30(18-19-41-29)52-36-17-16-33(31-12-10-11-13-32(31)36)42-39(45)43-34-22-28(40(2,3)4)23-35(38(34)50-6)44-54(8,47)48/h10-19,21-24,44H,9,20,25H2,1-8H3,(H2,42,43,45). The molecule has 4 aromatic carbocycles. The molecule has 0 saturated carbocycles. The van der Waals surface area contributed by atoms with E-state index in [9.17, 15) is 17.8 Å². The van der Waals surface area contributed by atoms with Crippen molar-refractivity contribution in [3.63, 3.8) is 0 Å². The summed E-state index contributed by atoms with van der Waals surface area (Å²) in [6.45, 7) is 9.80. The predicted octanol–water partition coefficient (Wildman–Crippen LogP) is 9.39. The molecule has 1 aromatic heterocycles. The van der Waals surface area contributed by atoms with Crippen molar-refractivity contribution in [2.24, 2.45) is 0 Å². The third-order valence-electron chi connectivity index (χ3n) is 8.45. The van der Waals surface area contributed by atoms with E-state index in [1.54, 1.807) is 50.3 Å². The van der Waals surface area contributed by atoms with E-state index in [0.717, 1.165) is 39.4 Å². The minimum atomic E-state index is -3.63. The first-order chi connectivity index (χ1) is 25.5. The van der Waals surface area contributed by atoms with Crippen LogP contribution in [0.3, 0.4) is 0 Å². The fourth-order valence-electron chi connectivity index (χ4n) is 6.01. The molecule has 0 aliphatic heterocycles. The summed E-state index contributed by atoms with van der Waals surface area (Å²) in [5.41, 5.74) is 4.04. The van der Waals surface area contributed by atoms with Crippen LogP contribution >= 0.6 is 7.37 Å². The number of pyridine rings is 1. The van der Waals surface area contributed by atoms with Crippen molar-refractivity contribution in [1.29, 1.82) is 0 Å². The molecular formula is C40H47N4O8PS. The highest BCUT2D eigenvalue weighted by atomic mass is 32.2. The molecule has 1 heterocycles. The van der Waals surface area contributed by atoms with Crippen LogP contribution in [0, 0.1) is 0 Å². The van der Waals surface area contributed by atoms with Crippen molar-refractivity contribution >= 4 is 51.3 Å². The van der Waals surface area contributed by atoms with E-state index in [4.69, 9.17) is 18.7 Å². The quantitative estimate of drug-likeness (QED) is 0.0937. The average molecular weight is 775 g/mol. The first kappa shape index (κ1) is 40.1. The average Bonchev–Trinajstić information content (AvgIpc) is 3.09. The normalized spacial score (nSPS) is 12.8. The number of carbonyl (C=O) groups is 1. The summed E-state index contributed by atoms with van der Waals surface area (Å²) in [4.78, 5) is 18.0. The van der Waals surface area contributed by atoms with Crippen LogP contribution in [-0.2, 0) is 37.1 Å².